The van der Waals surface area contributed by atoms with Crippen LogP contribution in [-0.2, 0) is 0 Å². The number of rotatable bonds is 6. The van der Waals surface area contributed by atoms with Gasteiger partial charge in [0.25, 0.3) is 0 Å². The van der Waals surface area contributed by atoms with Crippen molar-refractivity contribution in [3.63, 3.8) is 0 Å². The van der Waals surface area contributed by atoms with E-state index in [9.17, 15) is 0 Å². The van der Waals surface area contributed by atoms with E-state index >= 15 is 0 Å². The molecule has 1 heterocycles. The molecule has 0 saturated carbocycles. The lowest BCUT2D eigenvalue weighted by Gasteiger charge is -2.18. The Labute approximate surface area is 154 Å². The van der Waals surface area contributed by atoms with Gasteiger partial charge in [-0.15, -0.1) is 11.8 Å². The van der Waals surface area contributed by atoms with Gasteiger partial charge < -0.3 is 9.64 Å². The number of hydrogen-bond donors (Lipinski definition) is 0. The van der Waals surface area contributed by atoms with E-state index in [1.165, 1.54) is 11.1 Å². The van der Waals surface area contributed by atoms with Crippen LogP contribution >= 0.6 is 11.8 Å². The van der Waals surface area contributed by atoms with E-state index in [-0.39, 0.29) is 0 Å². The maximum Gasteiger partial charge on any atom is 0.138 e. The molecular weight excluding hydrogens is 328 g/mol. The molecule has 0 N–H and O–H groups in total. The zero-order valence-electron chi connectivity index (χ0n) is 15.2. The Morgan fingerprint density at radius 3 is 2.48 bits per heavy atom. The Hall–Kier alpha value is -2.04. The van der Waals surface area contributed by atoms with Gasteiger partial charge in [-0.2, -0.15) is 0 Å². The van der Waals surface area contributed by atoms with E-state index < -0.39 is 0 Å². The van der Waals surface area contributed by atoms with E-state index in [0.717, 1.165) is 39.5 Å². The van der Waals surface area contributed by atoms with Crippen molar-refractivity contribution in [2.45, 2.75) is 11.9 Å². The molecule has 25 heavy (non-hydrogen) atoms. The topological polar surface area (TPSA) is 25.4 Å². The summed E-state index contributed by atoms with van der Waals surface area (Å²) in [5.41, 5.74) is 4.49. The minimum absolute atomic E-state index is 0.909. The second-order valence-electron chi connectivity index (χ2n) is 6.31. The molecule has 2 aromatic carbocycles. The summed E-state index contributed by atoms with van der Waals surface area (Å²) in [6, 6.07) is 16.6. The number of hydrogen-bond acceptors (Lipinski definition) is 4. The Morgan fingerprint density at radius 2 is 1.76 bits per heavy atom. The fraction of sp³-hybridized carbons (Fsp3) is 0.286. The lowest BCUT2D eigenvalue weighted by atomic mass is 9.99. The third-order valence-corrected chi connectivity index (χ3v) is 5.16. The zero-order valence-corrected chi connectivity index (χ0v) is 16.1. The molecule has 0 aliphatic rings. The minimum atomic E-state index is 0.909. The number of aryl methyl sites for hydroxylation is 1. The quantitative estimate of drug-likeness (QED) is 0.591. The maximum atomic E-state index is 5.87. The van der Waals surface area contributed by atoms with Crippen LogP contribution in [-0.4, -0.2) is 43.4 Å². The normalized spacial score (nSPS) is 11.2. The molecule has 0 radical (unpaired) electrons. The number of fused-ring (bicyclic) bond motifs is 1. The van der Waals surface area contributed by atoms with Crippen LogP contribution in [0.25, 0.3) is 22.0 Å². The number of ether oxygens (including phenoxy) is 1. The summed E-state index contributed by atoms with van der Waals surface area (Å²) in [4.78, 5) is 7.16. The van der Waals surface area contributed by atoms with Crippen molar-refractivity contribution < 1.29 is 4.74 Å². The summed E-state index contributed by atoms with van der Waals surface area (Å²) in [5, 5.41) is 2.09. The van der Waals surface area contributed by atoms with Crippen LogP contribution in [0.2, 0.25) is 0 Å². The van der Waals surface area contributed by atoms with Gasteiger partial charge in [0, 0.05) is 17.7 Å². The molecule has 1 aromatic heterocycles. The molecule has 130 valence electrons. The highest BCUT2D eigenvalue weighted by molar-refractivity contribution is 7.99. The Bertz CT molecular complexity index is 877. The van der Waals surface area contributed by atoms with E-state index in [2.05, 4.69) is 62.3 Å². The molecule has 0 fully saturated rings. The Morgan fingerprint density at radius 1 is 1.04 bits per heavy atom. The molecule has 0 aliphatic heterocycles. The van der Waals surface area contributed by atoms with Gasteiger partial charge >= 0.3 is 0 Å². The van der Waals surface area contributed by atoms with Gasteiger partial charge in [-0.1, -0.05) is 36.4 Å². The molecule has 0 aliphatic carbocycles. The van der Waals surface area contributed by atoms with E-state index in [4.69, 9.17) is 9.72 Å². The number of benzene rings is 2. The summed E-state index contributed by atoms with van der Waals surface area (Å²) >= 11 is 1.79. The largest absolute Gasteiger partial charge is 0.495 e. The molecule has 0 spiro atoms. The third-order valence-electron chi connectivity index (χ3n) is 4.21. The lowest BCUT2D eigenvalue weighted by molar-refractivity contribution is 0.420. The lowest BCUT2D eigenvalue weighted by Crippen LogP contribution is -2.15. The molecule has 0 amide bonds. The highest BCUT2D eigenvalue weighted by atomic mass is 32.2. The molecular formula is C21H24N2OS. The molecule has 0 unspecified atom stereocenters. The van der Waals surface area contributed by atoms with Crippen LogP contribution in [0.1, 0.15) is 5.56 Å². The van der Waals surface area contributed by atoms with Gasteiger partial charge in [0.05, 0.1) is 18.2 Å². The van der Waals surface area contributed by atoms with Crippen molar-refractivity contribution in [1.82, 2.24) is 9.88 Å². The molecule has 0 atom stereocenters. The second kappa shape index (κ2) is 7.89. The van der Waals surface area contributed by atoms with Gasteiger partial charge in [-0.25, -0.2) is 4.98 Å². The van der Waals surface area contributed by atoms with Gasteiger partial charge in [0.2, 0.25) is 0 Å². The smallest absolute Gasteiger partial charge is 0.138 e. The second-order valence-corrected chi connectivity index (χ2v) is 7.39. The van der Waals surface area contributed by atoms with Gasteiger partial charge in [-0.05, 0) is 44.3 Å². The van der Waals surface area contributed by atoms with Crippen molar-refractivity contribution >= 4 is 22.7 Å². The van der Waals surface area contributed by atoms with E-state index in [0.29, 0.717) is 0 Å². The maximum absolute atomic E-state index is 5.87. The standard InChI is InChI=1S/C21H24N2OS/c1-15-9-5-6-10-16(15)19-20(24-4)17-11-7-8-12-18(17)22-21(19)25-14-13-23(2)3/h5-12H,13-14H2,1-4H3. The molecule has 3 aromatic rings. The summed E-state index contributed by atoms with van der Waals surface area (Å²) < 4.78 is 5.87. The number of nitrogens with zero attached hydrogens (tertiary/aromatic N) is 2. The first kappa shape index (κ1) is 17.8. The van der Waals surface area contributed by atoms with Gasteiger partial charge in [0.15, 0.2) is 0 Å². The average molecular weight is 353 g/mol. The fourth-order valence-corrected chi connectivity index (χ4v) is 4.05. The number of methoxy groups -OCH3 is 1. The Balaban J connectivity index is 2.21. The molecule has 0 bridgehead atoms. The van der Waals surface area contributed by atoms with Crippen molar-refractivity contribution in [2.75, 3.05) is 33.5 Å². The van der Waals surface area contributed by atoms with Crippen LogP contribution in [0.4, 0.5) is 0 Å². The minimum Gasteiger partial charge on any atom is -0.495 e. The fourth-order valence-electron chi connectivity index (χ4n) is 2.89. The number of aromatic nitrogens is 1. The molecule has 4 heteroatoms. The zero-order chi connectivity index (χ0) is 17.8. The third kappa shape index (κ3) is 3.80. The summed E-state index contributed by atoms with van der Waals surface area (Å²) in [5.74, 6) is 1.90. The highest BCUT2D eigenvalue weighted by Gasteiger charge is 2.19. The summed E-state index contributed by atoms with van der Waals surface area (Å²) in [7, 11) is 5.94. The first-order valence-electron chi connectivity index (χ1n) is 8.42. The van der Waals surface area contributed by atoms with Crippen molar-refractivity contribution in [2.24, 2.45) is 0 Å². The molecule has 0 saturated heterocycles. The summed E-state index contributed by atoms with van der Waals surface area (Å²) in [6.45, 7) is 3.15. The number of pyridine rings is 1. The van der Waals surface area contributed by atoms with Gasteiger partial charge in [-0.3, -0.25) is 0 Å². The van der Waals surface area contributed by atoms with E-state index in [1.54, 1.807) is 18.9 Å². The first-order valence-corrected chi connectivity index (χ1v) is 9.40. The summed E-state index contributed by atoms with van der Waals surface area (Å²) in [6.07, 6.45) is 0. The van der Waals surface area contributed by atoms with Crippen LogP contribution in [0, 0.1) is 6.92 Å². The van der Waals surface area contributed by atoms with Gasteiger partial charge in [0.1, 0.15) is 10.8 Å². The van der Waals surface area contributed by atoms with Crippen molar-refractivity contribution in [3.8, 4) is 16.9 Å². The predicted octanol–water partition coefficient (Wildman–Crippen LogP) is 4.87. The van der Waals surface area contributed by atoms with Crippen molar-refractivity contribution in [3.05, 3.63) is 54.1 Å². The van der Waals surface area contributed by atoms with Crippen LogP contribution < -0.4 is 4.74 Å². The number of thioether (sulfide) groups is 1. The van der Waals surface area contributed by atoms with Crippen LogP contribution in [0.15, 0.2) is 53.6 Å². The van der Waals surface area contributed by atoms with Crippen LogP contribution in [0.3, 0.4) is 0 Å². The number of para-hydroxylation sites is 1. The first-order chi connectivity index (χ1) is 12.1. The monoisotopic (exact) mass is 352 g/mol. The predicted molar refractivity (Wildman–Crippen MR) is 108 cm³/mol. The molecule has 3 nitrogen and oxygen atoms in total. The van der Waals surface area contributed by atoms with E-state index in [1.807, 2.05) is 12.1 Å². The van der Waals surface area contributed by atoms with Crippen molar-refractivity contribution in [1.29, 1.82) is 0 Å². The average Bonchev–Trinajstić information content (AvgIpc) is 2.61. The highest BCUT2D eigenvalue weighted by Crippen LogP contribution is 2.43. The molecule has 3 rings (SSSR count). The Kier molecular flexibility index (Phi) is 5.61. The van der Waals surface area contributed by atoms with Crippen LogP contribution in [0.5, 0.6) is 5.75 Å². The SMILES string of the molecule is COc1c(-c2ccccc2C)c(SCCN(C)C)nc2ccccc12.